The Hall–Kier alpha value is -3.49. The van der Waals surface area contributed by atoms with Crippen molar-refractivity contribution in [2.75, 3.05) is 4.90 Å². The minimum Gasteiger partial charge on any atom is -0.349 e. The monoisotopic (exact) mass is 519 g/mol. The van der Waals surface area contributed by atoms with Gasteiger partial charge >= 0.3 is 0 Å². The van der Waals surface area contributed by atoms with E-state index in [2.05, 4.69) is 15.9 Å². The maximum atomic E-state index is 13.7. The lowest BCUT2D eigenvalue weighted by Crippen LogP contribution is -2.51. The van der Waals surface area contributed by atoms with Crippen LogP contribution in [0.1, 0.15) is 32.4 Å². The normalized spacial score (nSPS) is 24.8. The highest BCUT2D eigenvalue weighted by atomic mass is 79.9. The number of carbonyl (C=O) groups excluding carboxylic acids is 4. The molecule has 2 fully saturated rings. The maximum Gasteiger partial charge on any atom is 0.241 e. The summed E-state index contributed by atoms with van der Waals surface area (Å²) in [5.74, 6) is -5.51. The van der Waals surface area contributed by atoms with Crippen LogP contribution >= 0.6 is 15.9 Å². The Kier molecular flexibility index (Phi) is 4.49. The molecule has 34 heavy (non-hydrogen) atoms. The molecule has 6 nitrogen and oxygen atoms in total. The summed E-state index contributed by atoms with van der Waals surface area (Å²) in [7, 11) is 0. The minimum atomic E-state index is -2.13. The van der Waals surface area contributed by atoms with Crippen molar-refractivity contribution >= 4 is 45.0 Å². The molecule has 0 saturated carbocycles. The first-order valence-corrected chi connectivity index (χ1v) is 11.4. The molecule has 2 aliphatic heterocycles. The van der Waals surface area contributed by atoms with Crippen molar-refractivity contribution in [3.8, 4) is 0 Å². The Morgan fingerprint density at radius 1 is 0.794 bits per heavy atom. The summed E-state index contributed by atoms with van der Waals surface area (Å²) in [5.41, 5.74) is -1.06. The Morgan fingerprint density at radius 2 is 1.38 bits per heavy atom. The number of halogens is 2. The molecule has 0 bridgehead atoms. The number of hydrogen-bond donors (Lipinski definition) is 0. The lowest BCUT2D eigenvalue weighted by Gasteiger charge is -2.27. The van der Waals surface area contributed by atoms with Crippen molar-refractivity contribution in [3.63, 3.8) is 0 Å². The number of carbonyl (C=O) groups is 4. The van der Waals surface area contributed by atoms with Crippen LogP contribution in [0.3, 0.4) is 0 Å². The molecule has 0 unspecified atom stereocenters. The standard InChI is InChI=1S/C26H15BrFNO5/c27-14-7-5-13(6-8-14)21-19-20(25(33)29(24(19)32)16-11-9-15(28)10-12-16)26(34-21)22(30)17-3-1-2-4-18(17)23(26)31/h1-12,19-21H/t19-,20+,21+/m0/s1. The minimum absolute atomic E-state index is 0.170. The van der Waals surface area contributed by atoms with Gasteiger partial charge in [0.1, 0.15) is 5.82 Å². The van der Waals surface area contributed by atoms with Crippen molar-refractivity contribution in [1.29, 1.82) is 0 Å². The number of imide groups is 1. The van der Waals surface area contributed by atoms with E-state index in [-0.39, 0.29) is 16.8 Å². The summed E-state index contributed by atoms with van der Waals surface area (Å²) in [6.07, 6.45) is -0.998. The molecule has 0 radical (unpaired) electrons. The van der Waals surface area contributed by atoms with E-state index < -0.39 is 52.7 Å². The molecule has 3 aromatic carbocycles. The van der Waals surface area contributed by atoms with Gasteiger partial charge in [0.15, 0.2) is 0 Å². The van der Waals surface area contributed by atoms with Crippen LogP contribution < -0.4 is 4.90 Å². The van der Waals surface area contributed by atoms with Crippen LogP contribution in [0.4, 0.5) is 10.1 Å². The van der Waals surface area contributed by atoms with E-state index >= 15 is 0 Å². The van der Waals surface area contributed by atoms with E-state index in [9.17, 15) is 23.6 Å². The zero-order valence-corrected chi connectivity index (χ0v) is 19.0. The molecule has 3 aromatic rings. The van der Waals surface area contributed by atoms with Crippen LogP contribution in [0.25, 0.3) is 0 Å². The number of ether oxygens (including phenoxy) is 1. The number of Topliss-reactive ketones (excluding diaryl/α,β-unsaturated/α-hetero) is 2. The molecule has 2 heterocycles. The van der Waals surface area contributed by atoms with Gasteiger partial charge in [0.2, 0.25) is 29.0 Å². The Morgan fingerprint density at radius 3 is 1.97 bits per heavy atom. The fourth-order valence-electron chi connectivity index (χ4n) is 5.32. The molecule has 6 rings (SSSR count). The van der Waals surface area contributed by atoms with Crippen molar-refractivity contribution in [2.45, 2.75) is 11.7 Å². The summed E-state index contributed by atoms with van der Waals surface area (Å²) in [4.78, 5) is 55.7. The van der Waals surface area contributed by atoms with Gasteiger partial charge in [-0.25, -0.2) is 9.29 Å². The second kappa shape index (κ2) is 7.25. The van der Waals surface area contributed by atoms with E-state index in [0.717, 1.165) is 21.5 Å². The van der Waals surface area contributed by atoms with Gasteiger partial charge in [0.25, 0.3) is 0 Å². The first kappa shape index (κ1) is 21.1. The van der Waals surface area contributed by atoms with Crippen molar-refractivity contribution in [1.82, 2.24) is 0 Å². The highest BCUT2D eigenvalue weighted by molar-refractivity contribution is 9.10. The third-order valence-corrected chi connectivity index (χ3v) is 7.33. The summed E-state index contributed by atoms with van der Waals surface area (Å²) in [6, 6.07) is 18.2. The number of amides is 2. The fourth-order valence-corrected chi connectivity index (χ4v) is 5.58. The SMILES string of the molecule is O=C1[C@@H]2[C@@H](c3ccc(Br)cc3)OC3(C(=O)c4ccccc4C3=O)[C@H]2C(=O)N1c1ccc(F)cc1. The van der Waals surface area contributed by atoms with E-state index in [1.165, 1.54) is 24.3 Å². The summed E-state index contributed by atoms with van der Waals surface area (Å²) in [5, 5.41) is 0. The molecule has 0 N–H and O–H groups in total. The third-order valence-electron chi connectivity index (χ3n) is 6.80. The largest absolute Gasteiger partial charge is 0.349 e. The number of nitrogens with zero attached hydrogens (tertiary/aromatic N) is 1. The highest BCUT2D eigenvalue weighted by Gasteiger charge is 2.74. The van der Waals surface area contributed by atoms with Crippen LogP contribution in [-0.4, -0.2) is 29.0 Å². The number of ketones is 2. The lowest BCUT2D eigenvalue weighted by atomic mass is 9.77. The first-order valence-electron chi connectivity index (χ1n) is 10.6. The predicted octanol–water partition coefficient (Wildman–Crippen LogP) is 4.28. The molecule has 8 heteroatoms. The molecule has 1 aliphatic carbocycles. The molecule has 0 aromatic heterocycles. The van der Waals surface area contributed by atoms with Crippen molar-refractivity contribution < 1.29 is 28.3 Å². The van der Waals surface area contributed by atoms with Crippen molar-refractivity contribution in [2.24, 2.45) is 11.8 Å². The molecule has 2 amide bonds. The Labute approximate surface area is 201 Å². The van der Waals surface area contributed by atoms with Gasteiger partial charge < -0.3 is 4.74 Å². The zero-order chi connectivity index (χ0) is 23.8. The quantitative estimate of drug-likeness (QED) is 0.372. The molecule has 168 valence electrons. The van der Waals surface area contributed by atoms with Gasteiger partial charge in [-0.2, -0.15) is 0 Å². The van der Waals surface area contributed by atoms with Crippen LogP contribution in [0.5, 0.6) is 0 Å². The zero-order valence-electron chi connectivity index (χ0n) is 17.4. The summed E-state index contributed by atoms with van der Waals surface area (Å²) in [6.45, 7) is 0. The second-order valence-electron chi connectivity index (χ2n) is 8.52. The third kappa shape index (κ3) is 2.63. The summed E-state index contributed by atoms with van der Waals surface area (Å²) < 4.78 is 20.5. The van der Waals surface area contributed by atoms with Gasteiger partial charge in [-0.3, -0.25) is 19.2 Å². The van der Waals surface area contributed by atoms with Gasteiger partial charge in [0, 0.05) is 15.6 Å². The van der Waals surface area contributed by atoms with Crippen LogP contribution in [0.2, 0.25) is 0 Å². The van der Waals surface area contributed by atoms with Crippen LogP contribution in [0.15, 0.2) is 77.3 Å². The van der Waals surface area contributed by atoms with E-state index in [1.54, 1.807) is 36.4 Å². The topological polar surface area (TPSA) is 80.8 Å². The molecule has 3 aliphatic rings. The van der Waals surface area contributed by atoms with Gasteiger partial charge in [-0.1, -0.05) is 52.3 Å². The Balaban J connectivity index is 1.54. The van der Waals surface area contributed by atoms with E-state index in [1.807, 2.05) is 0 Å². The molecule has 3 atom stereocenters. The number of rotatable bonds is 2. The Bertz CT molecular complexity index is 1370. The second-order valence-corrected chi connectivity index (χ2v) is 9.44. The number of hydrogen-bond acceptors (Lipinski definition) is 5. The molecular weight excluding hydrogens is 505 g/mol. The number of fused-ring (bicyclic) bond motifs is 3. The van der Waals surface area contributed by atoms with Crippen molar-refractivity contribution in [3.05, 3.63) is 99.8 Å². The van der Waals surface area contributed by atoms with Crippen LogP contribution in [-0.2, 0) is 14.3 Å². The van der Waals surface area contributed by atoms with Gasteiger partial charge in [-0.15, -0.1) is 0 Å². The summed E-state index contributed by atoms with van der Waals surface area (Å²) >= 11 is 3.37. The first-order chi connectivity index (χ1) is 16.3. The molecular formula is C26H15BrFNO5. The highest BCUT2D eigenvalue weighted by Crippen LogP contribution is 2.57. The van der Waals surface area contributed by atoms with E-state index in [4.69, 9.17) is 4.74 Å². The number of anilines is 1. The maximum absolute atomic E-state index is 13.7. The smallest absolute Gasteiger partial charge is 0.241 e. The predicted molar refractivity (Wildman–Crippen MR) is 122 cm³/mol. The number of benzene rings is 3. The van der Waals surface area contributed by atoms with E-state index in [0.29, 0.717) is 5.56 Å². The lowest BCUT2D eigenvalue weighted by molar-refractivity contribution is -0.127. The average Bonchev–Trinajstić information content (AvgIpc) is 3.40. The molecule has 1 spiro atoms. The fraction of sp³-hybridized carbons (Fsp3) is 0.154. The van der Waals surface area contributed by atoms with Gasteiger partial charge in [0.05, 0.1) is 23.6 Å². The van der Waals surface area contributed by atoms with Crippen LogP contribution in [0, 0.1) is 17.7 Å². The average molecular weight is 520 g/mol. The van der Waals surface area contributed by atoms with Gasteiger partial charge in [-0.05, 0) is 42.0 Å². The molecule has 2 saturated heterocycles.